The van der Waals surface area contributed by atoms with E-state index in [2.05, 4.69) is 10.6 Å². The predicted octanol–water partition coefficient (Wildman–Crippen LogP) is 3.86. The summed E-state index contributed by atoms with van der Waals surface area (Å²) in [5.41, 5.74) is 11.3. The van der Waals surface area contributed by atoms with Gasteiger partial charge in [-0.05, 0) is 48.7 Å². The van der Waals surface area contributed by atoms with Gasteiger partial charge in [0.2, 0.25) is 5.91 Å². The van der Waals surface area contributed by atoms with Crippen LogP contribution in [0.1, 0.15) is 17.5 Å². The summed E-state index contributed by atoms with van der Waals surface area (Å²) in [7, 11) is 0. The summed E-state index contributed by atoms with van der Waals surface area (Å²) in [5, 5.41) is 6.86. The summed E-state index contributed by atoms with van der Waals surface area (Å²) in [5.74, 6) is 0.0390. The molecular formula is C16H16ClN3O. The number of anilines is 4. The lowest BCUT2D eigenvalue weighted by Crippen LogP contribution is -2.19. The molecule has 0 atom stereocenters. The third-order valence-electron chi connectivity index (χ3n) is 3.71. The molecule has 21 heavy (non-hydrogen) atoms. The van der Waals surface area contributed by atoms with Gasteiger partial charge in [0.15, 0.2) is 0 Å². The molecule has 0 spiro atoms. The highest BCUT2D eigenvalue weighted by Crippen LogP contribution is 2.34. The van der Waals surface area contributed by atoms with Crippen molar-refractivity contribution in [3.05, 3.63) is 46.5 Å². The van der Waals surface area contributed by atoms with Gasteiger partial charge in [-0.1, -0.05) is 17.7 Å². The van der Waals surface area contributed by atoms with E-state index in [-0.39, 0.29) is 5.91 Å². The van der Waals surface area contributed by atoms with Crippen molar-refractivity contribution in [3.8, 4) is 0 Å². The molecular weight excluding hydrogens is 286 g/mol. The van der Waals surface area contributed by atoms with E-state index < -0.39 is 0 Å². The molecule has 0 unspecified atom stereocenters. The highest BCUT2D eigenvalue weighted by atomic mass is 35.5. The van der Waals surface area contributed by atoms with Crippen molar-refractivity contribution in [1.29, 1.82) is 0 Å². The number of nitrogens with two attached hydrogens (primary N) is 1. The zero-order valence-electron chi connectivity index (χ0n) is 11.7. The number of nitrogens with one attached hydrogen (secondary N) is 2. The third-order valence-corrected chi connectivity index (χ3v) is 4.12. The Morgan fingerprint density at radius 2 is 2.05 bits per heavy atom. The molecule has 4 N–H and O–H groups in total. The van der Waals surface area contributed by atoms with E-state index in [9.17, 15) is 4.79 Å². The van der Waals surface area contributed by atoms with Crippen LogP contribution in [0.2, 0.25) is 5.02 Å². The second kappa shape index (κ2) is 5.30. The zero-order chi connectivity index (χ0) is 15.0. The Kier molecular flexibility index (Phi) is 3.47. The van der Waals surface area contributed by atoms with Crippen molar-refractivity contribution < 1.29 is 4.79 Å². The van der Waals surface area contributed by atoms with Crippen LogP contribution in [0.15, 0.2) is 30.3 Å². The standard InChI is InChI=1S/C16H16ClN3O/c1-9-11(17)3-2-4-13(9)19-15-8-14-10(7-12(15)18)5-6-16(21)20-14/h2-4,7-8,19H,5-6,18H2,1H3,(H,20,21). The highest BCUT2D eigenvalue weighted by Gasteiger charge is 2.17. The second-order valence-corrected chi connectivity index (χ2v) is 5.59. The van der Waals surface area contributed by atoms with Crippen molar-refractivity contribution in [2.75, 3.05) is 16.4 Å². The number of carbonyl (C=O) groups is 1. The first-order valence-electron chi connectivity index (χ1n) is 6.79. The molecule has 1 amide bonds. The van der Waals surface area contributed by atoms with Gasteiger partial charge in [-0.2, -0.15) is 0 Å². The Balaban J connectivity index is 1.97. The van der Waals surface area contributed by atoms with E-state index in [0.717, 1.165) is 34.6 Å². The van der Waals surface area contributed by atoms with E-state index in [4.69, 9.17) is 17.3 Å². The summed E-state index contributed by atoms with van der Waals surface area (Å²) in [6.45, 7) is 1.95. The normalized spacial score (nSPS) is 13.5. The number of fused-ring (bicyclic) bond motifs is 1. The van der Waals surface area contributed by atoms with Crippen LogP contribution >= 0.6 is 11.6 Å². The van der Waals surface area contributed by atoms with Crippen molar-refractivity contribution in [1.82, 2.24) is 0 Å². The summed E-state index contributed by atoms with van der Waals surface area (Å²) in [6.07, 6.45) is 1.23. The van der Waals surface area contributed by atoms with Crippen LogP contribution in [0, 0.1) is 6.92 Å². The molecule has 2 aromatic carbocycles. The molecule has 0 aromatic heterocycles. The summed E-state index contributed by atoms with van der Waals surface area (Å²) in [4.78, 5) is 11.5. The lowest BCUT2D eigenvalue weighted by Gasteiger charge is -2.20. The Hall–Kier alpha value is -2.20. The molecule has 2 aromatic rings. The monoisotopic (exact) mass is 301 g/mol. The smallest absolute Gasteiger partial charge is 0.224 e. The Labute approximate surface area is 128 Å². The number of halogens is 1. The number of carbonyl (C=O) groups excluding carboxylic acids is 1. The minimum absolute atomic E-state index is 0.0390. The van der Waals surface area contributed by atoms with Gasteiger partial charge >= 0.3 is 0 Å². The molecule has 5 heteroatoms. The molecule has 1 aliphatic rings. The van der Waals surface area contributed by atoms with Gasteiger partial charge in [0.05, 0.1) is 11.4 Å². The van der Waals surface area contributed by atoms with Gasteiger partial charge in [-0.25, -0.2) is 0 Å². The van der Waals surface area contributed by atoms with Crippen LogP contribution in [-0.4, -0.2) is 5.91 Å². The van der Waals surface area contributed by atoms with Gasteiger partial charge in [-0.3, -0.25) is 4.79 Å². The maximum absolute atomic E-state index is 11.5. The van der Waals surface area contributed by atoms with Crippen molar-refractivity contribution in [3.63, 3.8) is 0 Å². The second-order valence-electron chi connectivity index (χ2n) is 5.18. The lowest BCUT2D eigenvalue weighted by molar-refractivity contribution is -0.116. The molecule has 0 radical (unpaired) electrons. The van der Waals surface area contributed by atoms with Gasteiger partial charge in [0.1, 0.15) is 0 Å². The van der Waals surface area contributed by atoms with E-state index in [1.54, 1.807) is 0 Å². The van der Waals surface area contributed by atoms with Crippen LogP contribution in [0.3, 0.4) is 0 Å². The molecule has 0 saturated heterocycles. The number of rotatable bonds is 2. The average Bonchev–Trinajstić information content (AvgIpc) is 2.45. The number of benzene rings is 2. The molecule has 3 rings (SSSR count). The largest absolute Gasteiger partial charge is 0.397 e. The fourth-order valence-corrected chi connectivity index (χ4v) is 2.62. The Bertz CT molecular complexity index is 728. The number of hydrogen-bond acceptors (Lipinski definition) is 3. The summed E-state index contributed by atoms with van der Waals surface area (Å²) >= 11 is 6.13. The topological polar surface area (TPSA) is 67.1 Å². The van der Waals surface area contributed by atoms with Gasteiger partial charge in [0, 0.05) is 22.8 Å². The molecule has 108 valence electrons. The number of aryl methyl sites for hydroxylation is 1. The van der Waals surface area contributed by atoms with Crippen LogP contribution in [-0.2, 0) is 11.2 Å². The molecule has 1 heterocycles. The van der Waals surface area contributed by atoms with Crippen molar-refractivity contribution in [2.24, 2.45) is 0 Å². The van der Waals surface area contributed by atoms with Crippen LogP contribution in [0.4, 0.5) is 22.7 Å². The van der Waals surface area contributed by atoms with Crippen molar-refractivity contribution >= 4 is 40.3 Å². The molecule has 1 aliphatic heterocycles. The number of nitrogen functional groups attached to an aromatic ring is 1. The average molecular weight is 302 g/mol. The summed E-state index contributed by atoms with van der Waals surface area (Å²) in [6, 6.07) is 9.46. The maximum atomic E-state index is 11.5. The molecule has 0 aliphatic carbocycles. The quantitative estimate of drug-likeness (QED) is 0.738. The lowest BCUT2D eigenvalue weighted by atomic mass is 10.0. The Morgan fingerprint density at radius 1 is 1.24 bits per heavy atom. The first-order valence-corrected chi connectivity index (χ1v) is 7.17. The predicted molar refractivity (Wildman–Crippen MR) is 87.3 cm³/mol. The van der Waals surface area contributed by atoms with Crippen LogP contribution < -0.4 is 16.4 Å². The SMILES string of the molecule is Cc1c(Cl)cccc1Nc1cc2c(cc1N)CCC(=O)N2. The van der Waals surface area contributed by atoms with Crippen LogP contribution in [0.25, 0.3) is 0 Å². The maximum Gasteiger partial charge on any atom is 0.224 e. The summed E-state index contributed by atoms with van der Waals surface area (Å²) < 4.78 is 0. The molecule has 0 fully saturated rings. The highest BCUT2D eigenvalue weighted by molar-refractivity contribution is 6.31. The first kappa shape index (κ1) is 13.8. The number of hydrogen-bond donors (Lipinski definition) is 3. The molecule has 0 bridgehead atoms. The minimum Gasteiger partial charge on any atom is -0.397 e. The van der Waals surface area contributed by atoms with E-state index in [1.807, 2.05) is 37.3 Å². The van der Waals surface area contributed by atoms with Gasteiger partial charge in [-0.15, -0.1) is 0 Å². The fourth-order valence-electron chi connectivity index (χ4n) is 2.44. The van der Waals surface area contributed by atoms with Crippen molar-refractivity contribution in [2.45, 2.75) is 19.8 Å². The third kappa shape index (κ3) is 2.67. The number of amides is 1. The Morgan fingerprint density at radius 3 is 2.86 bits per heavy atom. The van der Waals surface area contributed by atoms with Crippen LogP contribution in [0.5, 0.6) is 0 Å². The van der Waals surface area contributed by atoms with E-state index in [1.165, 1.54) is 0 Å². The zero-order valence-corrected chi connectivity index (χ0v) is 12.4. The van der Waals surface area contributed by atoms with Gasteiger partial charge < -0.3 is 16.4 Å². The van der Waals surface area contributed by atoms with E-state index in [0.29, 0.717) is 17.1 Å². The van der Waals surface area contributed by atoms with E-state index >= 15 is 0 Å². The first-order chi connectivity index (χ1) is 10.0. The van der Waals surface area contributed by atoms with Gasteiger partial charge in [0.25, 0.3) is 0 Å². The molecule has 0 saturated carbocycles. The molecule has 4 nitrogen and oxygen atoms in total. The minimum atomic E-state index is 0.0390. The fraction of sp³-hybridized carbons (Fsp3) is 0.188.